The minimum atomic E-state index is -0.119. The van der Waals surface area contributed by atoms with Crippen molar-refractivity contribution in [3.63, 3.8) is 0 Å². The van der Waals surface area contributed by atoms with Crippen LogP contribution in [-0.4, -0.2) is 12.6 Å². The number of carbonyl (C=O) groups excluding carboxylic acids is 1. The summed E-state index contributed by atoms with van der Waals surface area (Å²) < 4.78 is 0. The molecule has 2 rings (SSSR count). The van der Waals surface area contributed by atoms with Gasteiger partial charge in [-0.25, -0.2) is 4.79 Å². The number of amides is 2. The first-order chi connectivity index (χ1) is 9.78. The van der Waals surface area contributed by atoms with E-state index in [1.165, 1.54) is 10.4 Å². The van der Waals surface area contributed by atoms with Crippen molar-refractivity contribution >= 4 is 22.4 Å². The highest BCUT2D eigenvalue weighted by atomic mass is 32.1. The molecule has 2 aromatic rings. The lowest BCUT2D eigenvalue weighted by Gasteiger charge is -2.04. The van der Waals surface area contributed by atoms with Gasteiger partial charge in [0, 0.05) is 17.8 Å². The van der Waals surface area contributed by atoms with Crippen LogP contribution in [0.15, 0.2) is 42.5 Å². The van der Waals surface area contributed by atoms with E-state index in [9.17, 15) is 4.79 Å². The minimum absolute atomic E-state index is 0.119. The van der Waals surface area contributed by atoms with Gasteiger partial charge in [0.05, 0.1) is 5.00 Å². The molecule has 1 aromatic carbocycles. The first-order valence-electron chi connectivity index (χ1n) is 6.95. The standard InChI is InChI=1S/C16H20N2OS/c1-2-3-11-17-16(19)18-15-10-9-14(20-15)12-13-7-5-4-6-8-13/h4-10H,2-3,11-12H2,1H3,(H2,17,18,19). The number of unbranched alkanes of at least 4 members (excludes halogenated alkanes) is 1. The summed E-state index contributed by atoms with van der Waals surface area (Å²) in [6.45, 7) is 2.83. The number of carbonyl (C=O) groups is 1. The van der Waals surface area contributed by atoms with Crippen LogP contribution >= 0.6 is 11.3 Å². The van der Waals surface area contributed by atoms with E-state index < -0.39 is 0 Å². The van der Waals surface area contributed by atoms with E-state index in [1.807, 2.05) is 24.3 Å². The second kappa shape index (κ2) is 7.70. The van der Waals surface area contributed by atoms with Crippen molar-refractivity contribution < 1.29 is 4.79 Å². The van der Waals surface area contributed by atoms with Crippen LogP contribution in [0.3, 0.4) is 0 Å². The van der Waals surface area contributed by atoms with Crippen molar-refractivity contribution in [2.45, 2.75) is 26.2 Å². The van der Waals surface area contributed by atoms with Crippen LogP contribution in [0.5, 0.6) is 0 Å². The highest BCUT2D eigenvalue weighted by Gasteiger charge is 2.05. The number of anilines is 1. The van der Waals surface area contributed by atoms with Gasteiger partial charge < -0.3 is 5.32 Å². The van der Waals surface area contributed by atoms with Crippen LogP contribution in [-0.2, 0) is 6.42 Å². The van der Waals surface area contributed by atoms with Crippen LogP contribution in [0.1, 0.15) is 30.2 Å². The zero-order valence-corrected chi connectivity index (χ0v) is 12.5. The van der Waals surface area contributed by atoms with Crippen molar-refractivity contribution in [1.82, 2.24) is 5.32 Å². The number of hydrogen-bond acceptors (Lipinski definition) is 2. The Morgan fingerprint density at radius 2 is 1.95 bits per heavy atom. The van der Waals surface area contributed by atoms with Gasteiger partial charge in [-0.3, -0.25) is 5.32 Å². The third-order valence-corrected chi connectivity index (χ3v) is 3.94. The number of rotatable bonds is 6. The van der Waals surface area contributed by atoms with Crippen molar-refractivity contribution in [2.24, 2.45) is 0 Å². The van der Waals surface area contributed by atoms with Gasteiger partial charge in [0.15, 0.2) is 0 Å². The predicted octanol–water partition coefficient (Wildman–Crippen LogP) is 4.26. The number of urea groups is 1. The van der Waals surface area contributed by atoms with Crippen LogP contribution in [0.2, 0.25) is 0 Å². The van der Waals surface area contributed by atoms with Gasteiger partial charge in [0.2, 0.25) is 0 Å². The maximum atomic E-state index is 11.6. The van der Waals surface area contributed by atoms with Gasteiger partial charge in [0.1, 0.15) is 0 Å². The predicted molar refractivity (Wildman–Crippen MR) is 85.5 cm³/mol. The monoisotopic (exact) mass is 288 g/mol. The van der Waals surface area contributed by atoms with Crippen LogP contribution in [0.4, 0.5) is 9.80 Å². The summed E-state index contributed by atoms with van der Waals surface area (Å²) in [6.07, 6.45) is 3.00. The molecule has 1 heterocycles. The Morgan fingerprint density at radius 1 is 1.15 bits per heavy atom. The molecule has 3 nitrogen and oxygen atoms in total. The average molecular weight is 288 g/mol. The molecule has 0 aliphatic carbocycles. The van der Waals surface area contributed by atoms with Crippen LogP contribution < -0.4 is 10.6 Å². The fourth-order valence-corrected chi connectivity index (χ4v) is 2.81. The summed E-state index contributed by atoms with van der Waals surface area (Å²) in [6, 6.07) is 14.3. The van der Waals surface area contributed by atoms with Crippen molar-refractivity contribution in [3.05, 3.63) is 52.9 Å². The summed E-state index contributed by atoms with van der Waals surface area (Å²) in [5, 5.41) is 6.62. The highest BCUT2D eigenvalue weighted by molar-refractivity contribution is 7.16. The van der Waals surface area contributed by atoms with Crippen LogP contribution in [0.25, 0.3) is 0 Å². The smallest absolute Gasteiger partial charge is 0.319 e. The number of hydrogen-bond donors (Lipinski definition) is 2. The lowest BCUT2D eigenvalue weighted by molar-refractivity contribution is 0.252. The van der Waals surface area contributed by atoms with Gasteiger partial charge in [-0.2, -0.15) is 0 Å². The summed E-state index contributed by atoms with van der Waals surface area (Å²) in [5.74, 6) is 0. The molecule has 0 unspecified atom stereocenters. The molecular formula is C16H20N2OS. The molecule has 0 saturated carbocycles. The third-order valence-electron chi connectivity index (χ3n) is 2.94. The molecule has 0 saturated heterocycles. The molecule has 0 radical (unpaired) electrons. The van der Waals surface area contributed by atoms with Crippen molar-refractivity contribution in [1.29, 1.82) is 0 Å². The highest BCUT2D eigenvalue weighted by Crippen LogP contribution is 2.24. The Balaban J connectivity index is 1.84. The number of thiophene rings is 1. The average Bonchev–Trinajstić information content (AvgIpc) is 2.87. The topological polar surface area (TPSA) is 41.1 Å². The third kappa shape index (κ3) is 4.70. The summed E-state index contributed by atoms with van der Waals surface area (Å²) in [7, 11) is 0. The van der Waals surface area contributed by atoms with E-state index in [0.29, 0.717) is 0 Å². The Morgan fingerprint density at radius 3 is 2.70 bits per heavy atom. The first kappa shape index (κ1) is 14.6. The maximum Gasteiger partial charge on any atom is 0.319 e. The fraction of sp³-hybridized carbons (Fsp3) is 0.312. The maximum absolute atomic E-state index is 11.6. The molecule has 106 valence electrons. The van der Waals surface area contributed by atoms with Crippen molar-refractivity contribution in [3.8, 4) is 0 Å². The molecule has 1 aromatic heterocycles. The Hall–Kier alpha value is -1.81. The van der Waals surface area contributed by atoms with E-state index in [1.54, 1.807) is 11.3 Å². The Labute approximate surface area is 124 Å². The molecule has 4 heteroatoms. The van der Waals surface area contributed by atoms with E-state index in [-0.39, 0.29) is 6.03 Å². The lowest BCUT2D eigenvalue weighted by atomic mass is 10.1. The summed E-state index contributed by atoms with van der Waals surface area (Å²) in [5.41, 5.74) is 1.29. The number of benzene rings is 1. The van der Waals surface area contributed by atoms with Gasteiger partial charge in [-0.05, 0) is 24.1 Å². The molecule has 0 aliphatic rings. The second-order valence-electron chi connectivity index (χ2n) is 4.66. The second-order valence-corrected chi connectivity index (χ2v) is 5.83. The van der Waals surface area contributed by atoms with E-state index >= 15 is 0 Å². The fourth-order valence-electron chi connectivity index (χ4n) is 1.87. The molecular weight excluding hydrogens is 268 g/mol. The molecule has 20 heavy (non-hydrogen) atoms. The largest absolute Gasteiger partial charge is 0.338 e. The zero-order chi connectivity index (χ0) is 14.2. The normalized spacial score (nSPS) is 10.2. The number of nitrogens with one attached hydrogen (secondary N) is 2. The van der Waals surface area contributed by atoms with Gasteiger partial charge in [0.25, 0.3) is 0 Å². The van der Waals surface area contributed by atoms with Gasteiger partial charge in [-0.1, -0.05) is 43.7 Å². The first-order valence-corrected chi connectivity index (χ1v) is 7.77. The molecule has 2 N–H and O–H groups in total. The Bertz CT molecular complexity index is 536. The van der Waals surface area contributed by atoms with E-state index in [4.69, 9.17) is 0 Å². The SMILES string of the molecule is CCCCNC(=O)Nc1ccc(Cc2ccccc2)s1. The van der Waals surface area contributed by atoms with Crippen molar-refractivity contribution in [2.75, 3.05) is 11.9 Å². The molecule has 0 fully saturated rings. The van der Waals surface area contributed by atoms with Gasteiger partial charge >= 0.3 is 6.03 Å². The zero-order valence-electron chi connectivity index (χ0n) is 11.7. The van der Waals surface area contributed by atoms with E-state index in [0.717, 1.165) is 30.8 Å². The molecule has 0 bridgehead atoms. The molecule has 0 spiro atoms. The summed E-state index contributed by atoms with van der Waals surface area (Å²) >= 11 is 1.62. The minimum Gasteiger partial charge on any atom is -0.338 e. The Kier molecular flexibility index (Phi) is 5.62. The molecule has 0 atom stereocenters. The quantitative estimate of drug-likeness (QED) is 0.766. The summed E-state index contributed by atoms with van der Waals surface area (Å²) in [4.78, 5) is 12.9. The molecule has 2 amide bonds. The lowest BCUT2D eigenvalue weighted by Crippen LogP contribution is -2.29. The van der Waals surface area contributed by atoms with Crippen LogP contribution in [0, 0.1) is 0 Å². The van der Waals surface area contributed by atoms with E-state index in [2.05, 4.69) is 35.8 Å². The van der Waals surface area contributed by atoms with Gasteiger partial charge in [-0.15, -0.1) is 11.3 Å². The molecule has 0 aliphatic heterocycles.